The summed E-state index contributed by atoms with van der Waals surface area (Å²) in [5.74, 6) is -2.18. The topological polar surface area (TPSA) is 78.9 Å². The molecule has 0 N–H and O–H groups in total. The molecule has 1 aliphatic carbocycles. The number of ether oxygens (including phenoxy) is 3. The Kier molecular flexibility index (Phi) is 4.47. The average molecular weight is 256 g/mol. The number of hydrogen-bond acceptors (Lipinski definition) is 6. The van der Waals surface area contributed by atoms with Gasteiger partial charge in [0.05, 0.1) is 20.3 Å². The molecule has 0 spiro atoms. The monoisotopic (exact) mass is 256 g/mol. The summed E-state index contributed by atoms with van der Waals surface area (Å²) in [5, 5.41) is 0. The molecule has 6 heteroatoms. The molecule has 1 aliphatic rings. The highest BCUT2D eigenvalue weighted by Gasteiger charge is 2.58. The minimum absolute atomic E-state index is 0.0790. The highest BCUT2D eigenvalue weighted by Crippen LogP contribution is 2.37. The van der Waals surface area contributed by atoms with Gasteiger partial charge in [0.15, 0.2) is 5.78 Å². The summed E-state index contributed by atoms with van der Waals surface area (Å²) in [5.41, 5.74) is -1.93. The number of methoxy groups -OCH3 is 1. The number of carbonyl (C=O) groups is 3. The largest absolute Gasteiger partial charge is 0.501 e. The zero-order valence-electron chi connectivity index (χ0n) is 10.6. The molecule has 6 nitrogen and oxygen atoms in total. The van der Waals surface area contributed by atoms with E-state index in [0.717, 1.165) is 6.08 Å². The lowest BCUT2D eigenvalue weighted by Gasteiger charge is -2.22. The Bertz CT molecular complexity index is 377. The van der Waals surface area contributed by atoms with E-state index in [9.17, 15) is 14.4 Å². The summed E-state index contributed by atoms with van der Waals surface area (Å²) < 4.78 is 14.5. The molecule has 18 heavy (non-hydrogen) atoms. The third kappa shape index (κ3) is 2.23. The van der Waals surface area contributed by atoms with Gasteiger partial charge in [-0.05, 0) is 13.8 Å². The maximum atomic E-state index is 11.9. The summed E-state index contributed by atoms with van der Waals surface area (Å²) in [6, 6.07) is 0. The predicted octanol–water partition coefficient (Wildman–Crippen LogP) is 0.602. The van der Waals surface area contributed by atoms with Crippen LogP contribution < -0.4 is 0 Å². The Morgan fingerprint density at radius 3 is 2.06 bits per heavy atom. The van der Waals surface area contributed by atoms with Crippen molar-refractivity contribution >= 4 is 17.7 Å². The maximum Gasteiger partial charge on any atom is 0.332 e. The van der Waals surface area contributed by atoms with Gasteiger partial charge in [0.1, 0.15) is 5.76 Å². The predicted molar refractivity (Wildman–Crippen MR) is 60.4 cm³/mol. The molecule has 0 fully saturated rings. The van der Waals surface area contributed by atoms with Gasteiger partial charge < -0.3 is 14.2 Å². The van der Waals surface area contributed by atoms with Gasteiger partial charge in [0.2, 0.25) is 5.41 Å². The minimum atomic E-state index is -1.93. The Balaban J connectivity index is 3.09. The van der Waals surface area contributed by atoms with Crippen molar-refractivity contribution in [2.75, 3.05) is 20.3 Å². The second-order valence-electron chi connectivity index (χ2n) is 3.70. The van der Waals surface area contributed by atoms with Crippen LogP contribution in [0.3, 0.4) is 0 Å². The molecule has 0 amide bonds. The van der Waals surface area contributed by atoms with Gasteiger partial charge in [0.25, 0.3) is 0 Å². The minimum Gasteiger partial charge on any atom is -0.501 e. The van der Waals surface area contributed by atoms with Gasteiger partial charge in [-0.25, -0.2) is 0 Å². The first-order valence-corrected chi connectivity index (χ1v) is 5.66. The number of esters is 2. The van der Waals surface area contributed by atoms with Crippen LogP contribution in [0.2, 0.25) is 0 Å². The van der Waals surface area contributed by atoms with Crippen LogP contribution >= 0.6 is 0 Å². The molecule has 0 radical (unpaired) electrons. The molecule has 0 atom stereocenters. The van der Waals surface area contributed by atoms with E-state index < -0.39 is 23.1 Å². The molecule has 0 heterocycles. The molecule has 100 valence electrons. The number of allylic oxidation sites excluding steroid dienone is 2. The lowest BCUT2D eigenvalue weighted by atomic mass is 9.84. The van der Waals surface area contributed by atoms with Gasteiger partial charge in [-0.1, -0.05) is 0 Å². The fraction of sp³-hybridized carbons (Fsp3) is 0.583. The van der Waals surface area contributed by atoms with E-state index in [0.29, 0.717) is 0 Å². The molecule has 0 bridgehead atoms. The highest BCUT2D eigenvalue weighted by atomic mass is 16.6. The van der Waals surface area contributed by atoms with E-state index in [1.807, 2.05) is 0 Å². The Hall–Kier alpha value is -1.85. The summed E-state index contributed by atoms with van der Waals surface area (Å²) in [6.45, 7) is 3.35. The normalized spacial score (nSPS) is 17.1. The van der Waals surface area contributed by atoms with E-state index in [2.05, 4.69) is 0 Å². The van der Waals surface area contributed by atoms with Gasteiger partial charge in [0, 0.05) is 12.5 Å². The highest BCUT2D eigenvalue weighted by molar-refractivity contribution is 6.25. The molecule has 0 saturated heterocycles. The van der Waals surface area contributed by atoms with Crippen LogP contribution in [0.1, 0.15) is 20.3 Å². The summed E-state index contributed by atoms with van der Waals surface area (Å²) in [4.78, 5) is 35.8. The van der Waals surface area contributed by atoms with Crippen LogP contribution in [0, 0.1) is 5.41 Å². The first kappa shape index (κ1) is 14.2. The van der Waals surface area contributed by atoms with Crippen LogP contribution in [0.15, 0.2) is 11.8 Å². The maximum absolute atomic E-state index is 11.9. The first-order chi connectivity index (χ1) is 8.52. The second kappa shape index (κ2) is 5.66. The van der Waals surface area contributed by atoms with Crippen molar-refractivity contribution in [1.82, 2.24) is 0 Å². The Morgan fingerprint density at radius 2 is 1.72 bits per heavy atom. The fourth-order valence-corrected chi connectivity index (χ4v) is 1.74. The van der Waals surface area contributed by atoms with Crippen LogP contribution in [0.5, 0.6) is 0 Å². The lowest BCUT2D eigenvalue weighted by Crippen LogP contribution is -2.45. The molecule has 0 aromatic heterocycles. The van der Waals surface area contributed by atoms with Crippen LogP contribution in [0.25, 0.3) is 0 Å². The summed E-state index contributed by atoms with van der Waals surface area (Å²) >= 11 is 0. The smallest absolute Gasteiger partial charge is 0.332 e. The Morgan fingerprint density at radius 1 is 1.22 bits per heavy atom. The summed E-state index contributed by atoms with van der Waals surface area (Å²) in [7, 11) is 1.37. The zero-order valence-corrected chi connectivity index (χ0v) is 10.6. The average Bonchev–Trinajstić information content (AvgIpc) is 2.68. The number of hydrogen-bond donors (Lipinski definition) is 0. The SMILES string of the molecule is CCOC(=O)C1(C(=O)OCC)CC(OC)=CC1=O. The van der Waals surface area contributed by atoms with Gasteiger partial charge in [-0.15, -0.1) is 0 Å². The number of carbonyl (C=O) groups excluding carboxylic acids is 3. The van der Waals surface area contributed by atoms with Crippen molar-refractivity contribution in [1.29, 1.82) is 0 Å². The third-order valence-corrected chi connectivity index (χ3v) is 2.66. The quantitative estimate of drug-likeness (QED) is 0.529. The van der Waals surface area contributed by atoms with E-state index in [-0.39, 0.29) is 25.4 Å². The number of ketones is 1. The molecule has 0 aliphatic heterocycles. The van der Waals surface area contributed by atoms with E-state index in [4.69, 9.17) is 14.2 Å². The first-order valence-electron chi connectivity index (χ1n) is 5.66. The molecule has 0 aromatic carbocycles. The van der Waals surface area contributed by atoms with Crippen molar-refractivity contribution in [2.45, 2.75) is 20.3 Å². The van der Waals surface area contributed by atoms with Gasteiger partial charge in [-0.3, -0.25) is 14.4 Å². The second-order valence-corrected chi connectivity index (χ2v) is 3.70. The molecule has 1 rings (SSSR count). The van der Waals surface area contributed by atoms with Crippen LogP contribution in [-0.4, -0.2) is 38.0 Å². The molecule has 0 aromatic rings. The third-order valence-electron chi connectivity index (χ3n) is 2.66. The van der Waals surface area contributed by atoms with Gasteiger partial charge >= 0.3 is 11.9 Å². The van der Waals surface area contributed by atoms with E-state index in [1.54, 1.807) is 13.8 Å². The van der Waals surface area contributed by atoms with E-state index >= 15 is 0 Å². The number of rotatable bonds is 5. The van der Waals surface area contributed by atoms with Gasteiger partial charge in [-0.2, -0.15) is 0 Å². The molecular weight excluding hydrogens is 240 g/mol. The van der Waals surface area contributed by atoms with Crippen molar-refractivity contribution in [3.63, 3.8) is 0 Å². The summed E-state index contributed by atoms with van der Waals surface area (Å²) in [6.07, 6.45) is 0.980. The van der Waals surface area contributed by atoms with Crippen LogP contribution in [-0.2, 0) is 28.6 Å². The standard InChI is InChI=1S/C12H16O6/c1-4-17-10(14)12(11(15)18-5-2)7-8(16-3)6-9(12)13/h6H,4-5,7H2,1-3H3. The van der Waals surface area contributed by atoms with Crippen molar-refractivity contribution in [2.24, 2.45) is 5.41 Å². The van der Waals surface area contributed by atoms with Crippen molar-refractivity contribution < 1.29 is 28.6 Å². The lowest BCUT2D eigenvalue weighted by molar-refractivity contribution is -0.173. The van der Waals surface area contributed by atoms with Crippen molar-refractivity contribution in [3.8, 4) is 0 Å². The van der Waals surface area contributed by atoms with Crippen LogP contribution in [0.4, 0.5) is 0 Å². The van der Waals surface area contributed by atoms with E-state index in [1.165, 1.54) is 7.11 Å². The molecule has 0 saturated carbocycles. The fourth-order valence-electron chi connectivity index (χ4n) is 1.74. The van der Waals surface area contributed by atoms with Crippen molar-refractivity contribution in [3.05, 3.63) is 11.8 Å². The Labute approximate surface area is 105 Å². The molecular formula is C12H16O6. The zero-order chi connectivity index (χ0) is 13.8. The molecule has 0 unspecified atom stereocenters.